The van der Waals surface area contributed by atoms with Crippen LogP contribution in [0.2, 0.25) is 0 Å². The van der Waals surface area contributed by atoms with Crippen LogP contribution < -0.4 is 0 Å². The summed E-state index contributed by atoms with van der Waals surface area (Å²) in [4.78, 5) is 22.2. The highest BCUT2D eigenvalue weighted by atomic mass is 16.2. The molecular formula is C22H26N4O. The van der Waals surface area contributed by atoms with Crippen molar-refractivity contribution >= 4 is 16.8 Å². The van der Waals surface area contributed by atoms with Crippen LogP contribution in [-0.4, -0.2) is 51.4 Å². The number of fused-ring (bicyclic) bond motifs is 1. The van der Waals surface area contributed by atoms with Crippen molar-refractivity contribution in [3.8, 4) is 0 Å². The molecule has 4 rings (SSSR count). The lowest BCUT2D eigenvalue weighted by atomic mass is 10.1. The number of carbonyl (C=O) groups excluding carboxylic acids is 1. The first-order valence-corrected chi connectivity index (χ1v) is 9.60. The molecule has 1 amide bonds. The Morgan fingerprint density at radius 3 is 2.74 bits per heavy atom. The van der Waals surface area contributed by atoms with Crippen LogP contribution in [0.3, 0.4) is 0 Å². The van der Waals surface area contributed by atoms with E-state index in [0.717, 1.165) is 67.0 Å². The van der Waals surface area contributed by atoms with E-state index in [1.807, 2.05) is 53.9 Å². The van der Waals surface area contributed by atoms with E-state index in [0.29, 0.717) is 0 Å². The van der Waals surface area contributed by atoms with Gasteiger partial charge in [0.2, 0.25) is 0 Å². The van der Waals surface area contributed by atoms with Gasteiger partial charge < -0.3 is 9.47 Å². The largest absolute Gasteiger partial charge is 0.350 e. The van der Waals surface area contributed by atoms with Crippen LogP contribution >= 0.6 is 0 Å². The lowest BCUT2D eigenvalue weighted by Crippen LogP contribution is -2.35. The molecule has 0 atom stereocenters. The molecule has 1 fully saturated rings. The van der Waals surface area contributed by atoms with Gasteiger partial charge in [-0.3, -0.25) is 14.7 Å². The Labute approximate surface area is 160 Å². The summed E-state index contributed by atoms with van der Waals surface area (Å²) in [6.07, 6.45) is 2.95. The van der Waals surface area contributed by atoms with Crippen LogP contribution in [0.25, 0.3) is 10.9 Å². The normalized spacial score (nSPS) is 15.9. The second-order valence-electron chi connectivity index (χ2n) is 7.36. The number of carbonyl (C=O) groups is 1. The topological polar surface area (TPSA) is 41.4 Å². The molecule has 140 valence electrons. The van der Waals surface area contributed by atoms with E-state index in [1.165, 1.54) is 0 Å². The quantitative estimate of drug-likeness (QED) is 0.718. The van der Waals surface area contributed by atoms with Crippen molar-refractivity contribution in [2.75, 3.05) is 26.2 Å². The molecule has 5 heteroatoms. The van der Waals surface area contributed by atoms with Crippen molar-refractivity contribution in [3.63, 3.8) is 0 Å². The molecule has 0 saturated carbocycles. The summed E-state index contributed by atoms with van der Waals surface area (Å²) < 4.78 is 2.04. The van der Waals surface area contributed by atoms with Gasteiger partial charge in [0.1, 0.15) is 0 Å². The Morgan fingerprint density at radius 2 is 1.89 bits per heavy atom. The summed E-state index contributed by atoms with van der Waals surface area (Å²) in [6.45, 7) is 6.31. The van der Waals surface area contributed by atoms with E-state index in [-0.39, 0.29) is 5.91 Å². The number of hydrogen-bond donors (Lipinski definition) is 0. The number of para-hydroxylation sites is 1. The van der Waals surface area contributed by atoms with E-state index in [4.69, 9.17) is 0 Å². The lowest BCUT2D eigenvalue weighted by Gasteiger charge is -2.21. The maximum absolute atomic E-state index is 13.2. The van der Waals surface area contributed by atoms with Gasteiger partial charge in [-0.2, -0.15) is 0 Å². The Hall–Kier alpha value is -2.66. The van der Waals surface area contributed by atoms with Crippen molar-refractivity contribution < 1.29 is 4.79 Å². The van der Waals surface area contributed by atoms with Crippen LogP contribution in [-0.2, 0) is 13.6 Å². The molecule has 0 aliphatic carbocycles. The summed E-state index contributed by atoms with van der Waals surface area (Å²) in [5.74, 6) is 0.141. The molecule has 0 unspecified atom stereocenters. The van der Waals surface area contributed by atoms with Gasteiger partial charge in [0.15, 0.2) is 0 Å². The van der Waals surface area contributed by atoms with Crippen LogP contribution in [0.4, 0.5) is 0 Å². The van der Waals surface area contributed by atoms with Gasteiger partial charge in [-0.25, -0.2) is 0 Å². The fourth-order valence-corrected chi connectivity index (χ4v) is 3.93. The van der Waals surface area contributed by atoms with Crippen LogP contribution in [0, 0.1) is 6.92 Å². The highest BCUT2D eigenvalue weighted by molar-refractivity contribution is 6.07. The average Bonchev–Trinajstić information content (AvgIpc) is 2.84. The number of aromatic nitrogens is 2. The van der Waals surface area contributed by atoms with Crippen molar-refractivity contribution in [2.24, 2.45) is 7.05 Å². The van der Waals surface area contributed by atoms with Crippen molar-refractivity contribution in [1.29, 1.82) is 0 Å². The zero-order chi connectivity index (χ0) is 18.8. The smallest absolute Gasteiger partial charge is 0.256 e. The third kappa shape index (κ3) is 3.74. The Kier molecular flexibility index (Phi) is 4.94. The molecule has 3 aromatic rings. The molecule has 5 nitrogen and oxygen atoms in total. The minimum atomic E-state index is 0.141. The predicted molar refractivity (Wildman–Crippen MR) is 108 cm³/mol. The maximum Gasteiger partial charge on any atom is 0.256 e. The average molecular weight is 362 g/mol. The van der Waals surface area contributed by atoms with Gasteiger partial charge in [0, 0.05) is 62.6 Å². The molecule has 1 aliphatic heterocycles. The number of pyridine rings is 1. The fraction of sp³-hybridized carbons (Fsp3) is 0.364. The zero-order valence-corrected chi connectivity index (χ0v) is 16.1. The Morgan fingerprint density at radius 1 is 1.04 bits per heavy atom. The molecule has 0 N–H and O–H groups in total. The molecule has 1 aliphatic rings. The third-order valence-corrected chi connectivity index (χ3v) is 5.33. The molecule has 0 radical (unpaired) electrons. The van der Waals surface area contributed by atoms with Gasteiger partial charge in [-0.05, 0) is 31.5 Å². The molecule has 27 heavy (non-hydrogen) atoms. The predicted octanol–water partition coefficient (Wildman–Crippen LogP) is 3.23. The number of hydrogen-bond acceptors (Lipinski definition) is 3. The van der Waals surface area contributed by atoms with Crippen molar-refractivity contribution in [2.45, 2.75) is 19.9 Å². The lowest BCUT2D eigenvalue weighted by molar-refractivity contribution is 0.0763. The van der Waals surface area contributed by atoms with Gasteiger partial charge in [0.25, 0.3) is 5.91 Å². The summed E-state index contributed by atoms with van der Waals surface area (Å²) >= 11 is 0. The maximum atomic E-state index is 13.2. The monoisotopic (exact) mass is 362 g/mol. The number of nitrogens with zero attached hydrogens (tertiary/aromatic N) is 4. The molecule has 1 aromatic carbocycles. The second-order valence-corrected chi connectivity index (χ2v) is 7.36. The fourth-order valence-electron chi connectivity index (χ4n) is 3.93. The summed E-state index contributed by atoms with van der Waals surface area (Å²) in [5.41, 5.74) is 4.06. The van der Waals surface area contributed by atoms with E-state index in [1.54, 1.807) is 0 Å². The highest BCUT2D eigenvalue weighted by Crippen LogP contribution is 2.22. The summed E-state index contributed by atoms with van der Waals surface area (Å²) in [5, 5.41) is 1.04. The van der Waals surface area contributed by atoms with Gasteiger partial charge in [-0.1, -0.05) is 24.3 Å². The first kappa shape index (κ1) is 17.7. The molecule has 2 aromatic heterocycles. The van der Waals surface area contributed by atoms with Crippen molar-refractivity contribution in [3.05, 3.63) is 65.6 Å². The van der Waals surface area contributed by atoms with E-state index >= 15 is 0 Å². The zero-order valence-electron chi connectivity index (χ0n) is 16.1. The number of aryl methyl sites for hydroxylation is 2. The van der Waals surface area contributed by atoms with E-state index in [2.05, 4.69) is 28.1 Å². The Bertz CT molecular complexity index is 962. The summed E-state index contributed by atoms with van der Waals surface area (Å²) in [7, 11) is 2.00. The molecule has 0 spiro atoms. The van der Waals surface area contributed by atoms with Crippen LogP contribution in [0.5, 0.6) is 0 Å². The minimum absolute atomic E-state index is 0.141. The molecule has 1 saturated heterocycles. The van der Waals surface area contributed by atoms with Gasteiger partial charge >= 0.3 is 0 Å². The Balaban J connectivity index is 1.46. The SMILES string of the molecule is Cc1cccc(CN2CCCN(C(=O)c3cn(C)c4ccccc34)CC2)n1. The molecular weight excluding hydrogens is 336 g/mol. The standard InChI is InChI=1S/C22H26N4O/c1-17-7-5-8-18(23-17)15-25-11-6-12-26(14-13-25)22(27)20-16-24(2)21-10-4-3-9-19(20)21/h3-5,7-10,16H,6,11-15H2,1-2H3. The highest BCUT2D eigenvalue weighted by Gasteiger charge is 2.23. The third-order valence-electron chi connectivity index (χ3n) is 5.33. The number of benzene rings is 1. The first-order valence-electron chi connectivity index (χ1n) is 9.60. The number of rotatable bonds is 3. The first-order chi connectivity index (χ1) is 13.1. The van der Waals surface area contributed by atoms with Gasteiger partial charge in [0.05, 0.1) is 11.3 Å². The number of amides is 1. The molecule has 3 heterocycles. The van der Waals surface area contributed by atoms with Crippen LogP contribution in [0.1, 0.15) is 28.2 Å². The summed E-state index contributed by atoms with van der Waals surface area (Å²) in [6, 6.07) is 14.3. The van der Waals surface area contributed by atoms with Gasteiger partial charge in [-0.15, -0.1) is 0 Å². The van der Waals surface area contributed by atoms with Crippen molar-refractivity contribution in [1.82, 2.24) is 19.4 Å². The minimum Gasteiger partial charge on any atom is -0.350 e. The second kappa shape index (κ2) is 7.53. The van der Waals surface area contributed by atoms with E-state index < -0.39 is 0 Å². The van der Waals surface area contributed by atoms with E-state index in [9.17, 15) is 4.79 Å². The molecule has 0 bridgehead atoms. The van der Waals surface area contributed by atoms with Crippen LogP contribution in [0.15, 0.2) is 48.7 Å².